The number of nitrogens with zero attached hydrogens (tertiary/aromatic N) is 3. The topological polar surface area (TPSA) is 64.5 Å². The zero-order valence-corrected chi connectivity index (χ0v) is 20.6. The maximum absolute atomic E-state index is 14.1. The predicted molar refractivity (Wildman–Crippen MR) is 135 cm³/mol. The zero-order valence-electron chi connectivity index (χ0n) is 20.6. The van der Waals surface area contributed by atoms with E-state index in [9.17, 15) is 4.79 Å². The van der Waals surface area contributed by atoms with E-state index < -0.39 is 5.41 Å². The molecule has 2 aromatic carbocycles. The lowest BCUT2D eigenvalue weighted by Gasteiger charge is -2.42. The Hall–Kier alpha value is -3.25. The number of hydrogen-bond donors (Lipinski definition) is 0. The van der Waals surface area contributed by atoms with Crippen LogP contribution in [0.4, 0.5) is 0 Å². The van der Waals surface area contributed by atoms with Crippen LogP contribution in [0.1, 0.15) is 54.0 Å². The Balaban J connectivity index is 1.36. The maximum Gasteiger partial charge on any atom is 0.238 e. The van der Waals surface area contributed by atoms with Crippen LogP contribution < -0.4 is 4.74 Å². The fourth-order valence-electron chi connectivity index (χ4n) is 5.40. The van der Waals surface area contributed by atoms with Crippen LogP contribution in [0.2, 0.25) is 0 Å². The lowest BCUT2D eigenvalue weighted by Crippen LogP contribution is -2.52. The highest BCUT2D eigenvalue weighted by Gasteiger charge is 2.45. The van der Waals surface area contributed by atoms with Crippen LogP contribution in [0.15, 0.2) is 60.9 Å². The van der Waals surface area contributed by atoms with E-state index in [4.69, 9.17) is 14.5 Å². The van der Waals surface area contributed by atoms with Gasteiger partial charge in [-0.2, -0.15) is 0 Å². The summed E-state index contributed by atoms with van der Waals surface area (Å²) in [5, 5.41) is 0. The van der Waals surface area contributed by atoms with E-state index in [-0.39, 0.29) is 11.8 Å². The Morgan fingerprint density at radius 1 is 1.06 bits per heavy atom. The average molecular weight is 472 g/mol. The molecule has 0 aliphatic carbocycles. The molecular formula is C29H33N3O3. The highest BCUT2D eigenvalue weighted by molar-refractivity contribution is 5.88. The summed E-state index contributed by atoms with van der Waals surface area (Å²) >= 11 is 0. The molecule has 0 saturated carbocycles. The molecule has 0 spiro atoms. The van der Waals surface area contributed by atoms with Gasteiger partial charge in [0.15, 0.2) is 0 Å². The van der Waals surface area contributed by atoms with Crippen LogP contribution in [0.3, 0.4) is 0 Å². The molecule has 2 aliphatic rings. The number of benzene rings is 2. The van der Waals surface area contributed by atoms with Gasteiger partial charge < -0.3 is 14.4 Å². The van der Waals surface area contributed by atoms with E-state index in [1.54, 1.807) is 6.20 Å². The molecule has 182 valence electrons. The fraction of sp³-hybridized carbons (Fsp3) is 0.414. The molecule has 0 bridgehead atoms. The van der Waals surface area contributed by atoms with Crippen molar-refractivity contribution < 1.29 is 14.3 Å². The molecule has 0 radical (unpaired) electrons. The highest BCUT2D eigenvalue weighted by Crippen LogP contribution is 2.39. The Morgan fingerprint density at radius 2 is 1.83 bits per heavy atom. The van der Waals surface area contributed by atoms with Crippen LogP contribution in [0, 0.1) is 13.8 Å². The number of hydrogen-bond acceptors (Lipinski definition) is 5. The van der Waals surface area contributed by atoms with Crippen molar-refractivity contribution >= 4 is 5.91 Å². The number of piperidine rings is 1. The van der Waals surface area contributed by atoms with Crippen molar-refractivity contribution in [3.63, 3.8) is 0 Å². The first kappa shape index (κ1) is 23.5. The van der Waals surface area contributed by atoms with Crippen molar-refractivity contribution in [1.29, 1.82) is 0 Å². The van der Waals surface area contributed by atoms with Crippen LogP contribution in [-0.2, 0) is 14.9 Å². The Labute approximate surface area is 207 Å². The molecule has 1 atom stereocenters. The Bertz CT molecular complexity index is 1190. The summed E-state index contributed by atoms with van der Waals surface area (Å²) in [6.45, 7) is 6.76. The molecule has 2 saturated heterocycles. The quantitative estimate of drug-likeness (QED) is 0.503. The normalized spacial score (nSPS) is 19.8. The van der Waals surface area contributed by atoms with Gasteiger partial charge in [0, 0.05) is 38.4 Å². The number of carbonyl (C=O) groups excluding carboxylic acids is 1. The first-order valence-corrected chi connectivity index (χ1v) is 12.5. The molecular weight excluding hydrogens is 438 g/mol. The lowest BCUT2D eigenvalue weighted by atomic mass is 9.72. The van der Waals surface area contributed by atoms with Gasteiger partial charge in [-0.25, -0.2) is 4.98 Å². The van der Waals surface area contributed by atoms with Crippen molar-refractivity contribution in [2.75, 3.05) is 26.3 Å². The molecule has 35 heavy (non-hydrogen) atoms. The molecule has 3 heterocycles. The molecule has 3 aromatic rings. The van der Waals surface area contributed by atoms with Crippen molar-refractivity contribution in [3.05, 3.63) is 83.3 Å². The number of ether oxygens (including phenoxy) is 2. The van der Waals surface area contributed by atoms with Gasteiger partial charge in [0.25, 0.3) is 0 Å². The minimum absolute atomic E-state index is 0.135. The monoisotopic (exact) mass is 471 g/mol. The minimum Gasteiger partial charge on any atom is -0.437 e. The van der Waals surface area contributed by atoms with E-state index in [2.05, 4.69) is 41.1 Å². The number of aromatic nitrogens is 2. The molecule has 6 nitrogen and oxygen atoms in total. The van der Waals surface area contributed by atoms with Gasteiger partial charge >= 0.3 is 0 Å². The second-order valence-corrected chi connectivity index (χ2v) is 9.86. The smallest absolute Gasteiger partial charge is 0.238 e. The third kappa shape index (κ3) is 5.08. The van der Waals surface area contributed by atoms with Gasteiger partial charge in [0.2, 0.25) is 11.8 Å². The number of amides is 1. The van der Waals surface area contributed by atoms with Gasteiger partial charge in [-0.3, -0.25) is 9.78 Å². The van der Waals surface area contributed by atoms with Crippen molar-refractivity contribution in [3.8, 4) is 11.6 Å². The molecule has 6 heteroatoms. The first-order chi connectivity index (χ1) is 17.0. The van der Waals surface area contributed by atoms with Gasteiger partial charge in [-0.15, -0.1) is 0 Å². The number of likely N-dealkylation sites (tertiary alicyclic amines) is 1. The second kappa shape index (κ2) is 10.2. The minimum atomic E-state index is -0.520. The molecule has 1 unspecified atom stereocenters. The summed E-state index contributed by atoms with van der Waals surface area (Å²) in [5.74, 6) is 1.58. The molecule has 0 N–H and O–H groups in total. The number of aryl methyl sites for hydroxylation is 2. The zero-order chi connectivity index (χ0) is 24.3. The van der Waals surface area contributed by atoms with Crippen LogP contribution >= 0.6 is 0 Å². The van der Waals surface area contributed by atoms with Crippen LogP contribution in [-0.4, -0.2) is 47.1 Å². The van der Waals surface area contributed by atoms with Gasteiger partial charge in [-0.05, 0) is 62.8 Å². The summed E-state index contributed by atoms with van der Waals surface area (Å²) in [6, 6.07) is 16.3. The average Bonchev–Trinajstić information content (AvgIpc) is 2.89. The highest BCUT2D eigenvalue weighted by atomic mass is 16.5. The van der Waals surface area contributed by atoms with Gasteiger partial charge in [-0.1, -0.05) is 42.0 Å². The summed E-state index contributed by atoms with van der Waals surface area (Å²) in [7, 11) is 0. The van der Waals surface area contributed by atoms with E-state index in [0.717, 1.165) is 54.8 Å². The Morgan fingerprint density at radius 3 is 2.60 bits per heavy atom. The predicted octanol–water partition coefficient (Wildman–Crippen LogP) is 5.34. The van der Waals surface area contributed by atoms with Crippen LogP contribution in [0.25, 0.3) is 0 Å². The van der Waals surface area contributed by atoms with Gasteiger partial charge in [0.1, 0.15) is 5.75 Å². The fourth-order valence-corrected chi connectivity index (χ4v) is 5.40. The first-order valence-electron chi connectivity index (χ1n) is 12.5. The molecule has 2 fully saturated rings. The lowest BCUT2D eigenvalue weighted by molar-refractivity contribution is -0.142. The second-order valence-electron chi connectivity index (χ2n) is 9.86. The van der Waals surface area contributed by atoms with Crippen molar-refractivity contribution in [2.45, 2.75) is 50.9 Å². The summed E-state index contributed by atoms with van der Waals surface area (Å²) < 4.78 is 11.6. The molecule has 5 rings (SSSR count). The van der Waals surface area contributed by atoms with Crippen LogP contribution in [0.5, 0.6) is 11.6 Å². The number of rotatable bonds is 5. The largest absolute Gasteiger partial charge is 0.437 e. The van der Waals surface area contributed by atoms with Gasteiger partial charge in [0.05, 0.1) is 17.3 Å². The third-order valence-electron chi connectivity index (χ3n) is 7.30. The van der Waals surface area contributed by atoms with E-state index in [1.807, 2.05) is 37.4 Å². The van der Waals surface area contributed by atoms with E-state index in [1.165, 1.54) is 5.56 Å². The summed E-state index contributed by atoms with van der Waals surface area (Å²) in [5.41, 5.74) is 3.78. The Kier molecular flexibility index (Phi) is 6.82. The number of carbonyl (C=O) groups is 1. The summed E-state index contributed by atoms with van der Waals surface area (Å²) in [6.07, 6.45) is 6.82. The van der Waals surface area contributed by atoms with E-state index in [0.29, 0.717) is 25.6 Å². The molecule has 2 aliphatic heterocycles. The molecule has 1 amide bonds. The SMILES string of the molecule is Cc1cccc(Oc2cncc(C3CCCN(C(=O)C4(c5cccc(C)c5)CCOCC4)C3)n2)c1. The van der Waals surface area contributed by atoms with Crippen molar-refractivity contribution in [2.24, 2.45) is 0 Å². The maximum atomic E-state index is 14.1. The third-order valence-corrected chi connectivity index (χ3v) is 7.30. The standard InChI is InChI=1S/C29H33N3O3/c1-21-6-3-9-24(16-21)29(11-14-34-15-12-29)28(33)32-13-5-8-23(20-32)26-18-30-19-27(31-26)35-25-10-4-7-22(2)17-25/h3-4,6-7,9-10,16-19,23H,5,8,11-15,20H2,1-2H3. The molecule has 1 aromatic heterocycles. The summed E-state index contributed by atoms with van der Waals surface area (Å²) in [4.78, 5) is 25.3. The van der Waals surface area contributed by atoms with Crippen molar-refractivity contribution in [1.82, 2.24) is 14.9 Å². The van der Waals surface area contributed by atoms with E-state index >= 15 is 0 Å².